The van der Waals surface area contributed by atoms with Crippen LogP contribution in [-0.2, 0) is 0 Å². The highest BCUT2D eigenvalue weighted by Gasteiger charge is 2.17. The molecule has 0 amide bonds. The molecule has 1 N–H and O–H groups in total. The average molecular weight is 267 g/mol. The molecule has 0 radical (unpaired) electrons. The number of nitrogens with one attached hydrogen (secondary N) is 1. The van der Waals surface area contributed by atoms with Crippen molar-refractivity contribution in [1.29, 1.82) is 0 Å². The van der Waals surface area contributed by atoms with Crippen molar-refractivity contribution in [2.24, 2.45) is 4.99 Å². The topological polar surface area (TPSA) is 27.6 Å². The van der Waals surface area contributed by atoms with Crippen molar-refractivity contribution in [3.63, 3.8) is 0 Å². The molecule has 1 atom stereocenters. The highest BCUT2D eigenvalue weighted by atomic mass is 15.3. The maximum atomic E-state index is 4.55. The van der Waals surface area contributed by atoms with E-state index >= 15 is 0 Å². The Morgan fingerprint density at radius 1 is 1.20 bits per heavy atom. The summed E-state index contributed by atoms with van der Waals surface area (Å²) in [7, 11) is 0. The molecule has 0 saturated heterocycles. The lowest BCUT2D eigenvalue weighted by molar-refractivity contribution is 0.458. The number of rotatable bonds is 3. The Labute approximate surface area is 120 Å². The van der Waals surface area contributed by atoms with Gasteiger partial charge in [-0.1, -0.05) is 36.4 Å². The molecule has 2 aromatic rings. The minimum atomic E-state index is 0.269. The minimum Gasteiger partial charge on any atom is -0.350 e. The van der Waals surface area contributed by atoms with E-state index in [2.05, 4.69) is 71.5 Å². The smallest absolute Gasteiger partial charge is 0.194 e. The van der Waals surface area contributed by atoms with Gasteiger partial charge in [0.2, 0.25) is 0 Å². The van der Waals surface area contributed by atoms with Gasteiger partial charge in [-0.2, -0.15) is 0 Å². The van der Waals surface area contributed by atoms with Crippen molar-refractivity contribution in [1.82, 2.24) is 10.2 Å². The molecule has 0 spiro atoms. The molecule has 0 fully saturated rings. The standard InChI is InChI=1S/C17H21N3/c1-3-20-11-10-18-17(20)19-13(2)15-9-8-14-6-4-5-7-16(14)12-15/h4-9,12-13H,3,10-11H2,1-2H3,(H,18,19). The van der Waals surface area contributed by atoms with E-state index in [1.807, 2.05) is 0 Å². The van der Waals surface area contributed by atoms with Gasteiger partial charge in [-0.25, -0.2) is 0 Å². The lowest BCUT2D eigenvalue weighted by Crippen LogP contribution is -2.39. The van der Waals surface area contributed by atoms with Gasteiger partial charge >= 0.3 is 0 Å². The van der Waals surface area contributed by atoms with Crippen molar-refractivity contribution < 1.29 is 0 Å². The van der Waals surface area contributed by atoms with Gasteiger partial charge in [0.05, 0.1) is 12.6 Å². The van der Waals surface area contributed by atoms with Crippen molar-refractivity contribution in [2.75, 3.05) is 19.6 Å². The number of hydrogen-bond donors (Lipinski definition) is 1. The first-order chi connectivity index (χ1) is 9.78. The molecule has 0 saturated carbocycles. The van der Waals surface area contributed by atoms with E-state index in [4.69, 9.17) is 0 Å². The van der Waals surface area contributed by atoms with Gasteiger partial charge in [0.25, 0.3) is 0 Å². The molecule has 3 rings (SSSR count). The molecule has 1 aliphatic rings. The summed E-state index contributed by atoms with van der Waals surface area (Å²) in [5.74, 6) is 1.04. The predicted molar refractivity (Wildman–Crippen MR) is 85.0 cm³/mol. The van der Waals surface area contributed by atoms with E-state index in [1.54, 1.807) is 0 Å². The molecule has 0 aromatic heterocycles. The van der Waals surface area contributed by atoms with Gasteiger partial charge in [-0.05, 0) is 36.2 Å². The molecule has 104 valence electrons. The molecule has 20 heavy (non-hydrogen) atoms. The second-order valence-electron chi connectivity index (χ2n) is 5.26. The lowest BCUT2D eigenvalue weighted by Gasteiger charge is -2.23. The van der Waals surface area contributed by atoms with Gasteiger partial charge in [-0.3, -0.25) is 4.99 Å². The SMILES string of the molecule is CCN1CCN=C1NC(C)c1ccc2ccccc2c1. The van der Waals surface area contributed by atoms with Gasteiger partial charge in [0.1, 0.15) is 0 Å². The van der Waals surface area contributed by atoms with Crippen LogP contribution in [0, 0.1) is 0 Å². The molecular weight excluding hydrogens is 246 g/mol. The first-order valence-electron chi connectivity index (χ1n) is 7.32. The highest BCUT2D eigenvalue weighted by molar-refractivity contribution is 5.84. The van der Waals surface area contributed by atoms with Gasteiger partial charge in [0, 0.05) is 13.1 Å². The average Bonchev–Trinajstić information content (AvgIpc) is 2.94. The molecule has 1 heterocycles. The third-order valence-electron chi connectivity index (χ3n) is 3.93. The Hall–Kier alpha value is -2.03. The molecular formula is C17H21N3. The molecule has 0 bridgehead atoms. The number of hydrogen-bond acceptors (Lipinski definition) is 3. The number of benzene rings is 2. The highest BCUT2D eigenvalue weighted by Crippen LogP contribution is 2.20. The zero-order chi connectivity index (χ0) is 13.9. The number of aliphatic imine (C=N–C) groups is 1. The molecule has 1 unspecified atom stereocenters. The fourth-order valence-electron chi connectivity index (χ4n) is 2.68. The van der Waals surface area contributed by atoms with Crippen LogP contribution in [0.4, 0.5) is 0 Å². The van der Waals surface area contributed by atoms with Crippen LogP contribution < -0.4 is 5.32 Å². The van der Waals surface area contributed by atoms with Gasteiger partial charge in [0.15, 0.2) is 5.96 Å². The van der Waals surface area contributed by atoms with Crippen LogP contribution in [-0.4, -0.2) is 30.5 Å². The van der Waals surface area contributed by atoms with E-state index in [0.717, 1.165) is 25.6 Å². The van der Waals surface area contributed by atoms with Crippen molar-refractivity contribution >= 4 is 16.7 Å². The molecule has 3 nitrogen and oxygen atoms in total. The predicted octanol–water partition coefficient (Wildman–Crippen LogP) is 3.18. The van der Waals surface area contributed by atoms with E-state index in [1.165, 1.54) is 16.3 Å². The quantitative estimate of drug-likeness (QED) is 0.925. The molecule has 3 heteroatoms. The van der Waals surface area contributed by atoms with Gasteiger partial charge in [-0.15, -0.1) is 0 Å². The van der Waals surface area contributed by atoms with E-state index in [9.17, 15) is 0 Å². The number of nitrogens with zero attached hydrogens (tertiary/aromatic N) is 2. The zero-order valence-corrected chi connectivity index (χ0v) is 12.1. The summed E-state index contributed by atoms with van der Waals surface area (Å²) in [5, 5.41) is 6.12. The minimum absolute atomic E-state index is 0.269. The summed E-state index contributed by atoms with van der Waals surface area (Å²) < 4.78 is 0. The van der Waals surface area contributed by atoms with E-state index in [-0.39, 0.29) is 6.04 Å². The molecule has 0 aliphatic carbocycles. The summed E-state index contributed by atoms with van der Waals surface area (Å²) in [6.45, 7) is 7.31. The first kappa shape index (κ1) is 13.0. The van der Waals surface area contributed by atoms with Gasteiger partial charge < -0.3 is 10.2 Å². The molecule has 2 aromatic carbocycles. The fourth-order valence-corrected chi connectivity index (χ4v) is 2.68. The maximum Gasteiger partial charge on any atom is 0.194 e. The van der Waals surface area contributed by atoms with Crippen molar-refractivity contribution in [3.05, 3.63) is 48.0 Å². The number of fused-ring (bicyclic) bond motifs is 1. The third kappa shape index (κ3) is 2.48. The van der Waals surface area contributed by atoms with E-state index < -0.39 is 0 Å². The second kappa shape index (κ2) is 5.53. The summed E-state index contributed by atoms with van der Waals surface area (Å²) in [6.07, 6.45) is 0. The Morgan fingerprint density at radius 2 is 2.00 bits per heavy atom. The third-order valence-corrected chi connectivity index (χ3v) is 3.93. The summed E-state index contributed by atoms with van der Waals surface area (Å²) in [4.78, 5) is 6.84. The van der Waals surface area contributed by atoms with Crippen LogP contribution in [0.15, 0.2) is 47.5 Å². The van der Waals surface area contributed by atoms with Crippen molar-refractivity contribution in [2.45, 2.75) is 19.9 Å². The normalized spacial score (nSPS) is 16.3. The maximum absolute atomic E-state index is 4.55. The molecule has 1 aliphatic heterocycles. The second-order valence-corrected chi connectivity index (χ2v) is 5.26. The first-order valence-corrected chi connectivity index (χ1v) is 7.32. The summed E-state index contributed by atoms with van der Waals surface area (Å²) in [5.41, 5.74) is 1.30. The Morgan fingerprint density at radius 3 is 2.80 bits per heavy atom. The van der Waals surface area contributed by atoms with E-state index in [0.29, 0.717) is 0 Å². The van der Waals surface area contributed by atoms with Crippen LogP contribution in [0.5, 0.6) is 0 Å². The van der Waals surface area contributed by atoms with Crippen LogP contribution in [0.1, 0.15) is 25.5 Å². The largest absolute Gasteiger partial charge is 0.350 e. The summed E-state index contributed by atoms with van der Waals surface area (Å²) >= 11 is 0. The monoisotopic (exact) mass is 267 g/mol. The van der Waals surface area contributed by atoms with Crippen LogP contribution in [0.25, 0.3) is 10.8 Å². The Bertz CT molecular complexity index is 633. The fraction of sp³-hybridized carbons (Fsp3) is 0.353. The Balaban J connectivity index is 1.80. The van der Waals surface area contributed by atoms with Crippen LogP contribution in [0.3, 0.4) is 0 Å². The lowest BCUT2D eigenvalue weighted by atomic mass is 10.0. The summed E-state index contributed by atoms with van der Waals surface area (Å²) in [6, 6.07) is 15.4. The van der Waals surface area contributed by atoms with Crippen LogP contribution in [0.2, 0.25) is 0 Å². The van der Waals surface area contributed by atoms with Crippen molar-refractivity contribution in [3.8, 4) is 0 Å². The number of likely N-dealkylation sites (N-methyl/N-ethyl adjacent to an activating group) is 1. The zero-order valence-electron chi connectivity index (χ0n) is 12.1. The Kier molecular flexibility index (Phi) is 3.59. The number of guanidine groups is 1. The van der Waals surface area contributed by atoms with Crippen LogP contribution >= 0.6 is 0 Å².